The molecule has 0 bridgehead atoms. The van der Waals surface area contributed by atoms with Gasteiger partial charge in [-0.3, -0.25) is 9.10 Å². The summed E-state index contributed by atoms with van der Waals surface area (Å²) in [5, 5.41) is 2.83. The van der Waals surface area contributed by atoms with Crippen molar-refractivity contribution in [2.45, 2.75) is 24.7 Å². The molecule has 3 aromatic carbocycles. The zero-order valence-electron chi connectivity index (χ0n) is 20.2. The van der Waals surface area contributed by atoms with Crippen LogP contribution in [0.3, 0.4) is 0 Å². The van der Waals surface area contributed by atoms with Gasteiger partial charge < -0.3 is 15.0 Å². The summed E-state index contributed by atoms with van der Waals surface area (Å²) in [5.41, 5.74) is 2.76. The van der Waals surface area contributed by atoms with Crippen molar-refractivity contribution in [3.05, 3.63) is 84.2 Å². The van der Waals surface area contributed by atoms with Crippen molar-refractivity contribution in [2.24, 2.45) is 0 Å². The third-order valence-corrected chi connectivity index (χ3v) is 7.82. The highest BCUT2D eigenvalue weighted by molar-refractivity contribution is 7.92. The molecule has 9 heteroatoms. The van der Waals surface area contributed by atoms with Gasteiger partial charge in [0.2, 0.25) is 5.91 Å². The van der Waals surface area contributed by atoms with Crippen molar-refractivity contribution in [1.82, 2.24) is 5.32 Å². The molecule has 0 aromatic heterocycles. The molecule has 0 saturated heterocycles. The van der Waals surface area contributed by atoms with Crippen LogP contribution in [-0.2, 0) is 21.2 Å². The van der Waals surface area contributed by atoms with Gasteiger partial charge in [-0.15, -0.1) is 0 Å². The number of halogens is 1. The predicted molar refractivity (Wildman–Crippen MR) is 139 cm³/mol. The molecule has 1 amide bonds. The molecule has 0 radical (unpaired) electrons. The zero-order valence-corrected chi connectivity index (χ0v) is 21.0. The monoisotopic (exact) mass is 511 g/mol. The van der Waals surface area contributed by atoms with Crippen molar-refractivity contribution in [3.63, 3.8) is 0 Å². The van der Waals surface area contributed by atoms with Crippen LogP contribution in [-0.4, -0.2) is 47.1 Å². The van der Waals surface area contributed by atoms with Crippen molar-refractivity contribution < 1.29 is 22.3 Å². The predicted octanol–water partition coefficient (Wildman–Crippen LogP) is 3.99. The summed E-state index contributed by atoms with van der Waals surface area (Å²) in [6.07, 6.45) is 1.74. The average Bonchev–Trinajstić information content (AvgIpc) is 3.29. The third-order valence-electron chi connectivity index (χ3n) is 6.03. The first-order valence-electron chi connectivity index (χ1n) is 12.0. The lowest BCUT2D eigenvalue weighted by atomic mass is 10.2. The number of nitrogens with one attached hydrogen (secondary N) is 1. The smallest absolute Gasteiger partial charge is 0.264 e. The maximum atomic E-state index is 13.5. The summed E-state index contributed by atoms with van der Waals surface area (Å²) < 4.78 is 46.8. The molecule has 190 valence electrons. The lowest BCUT2D eigenvalue weighted by molar-refractivity contribution is -0.119. The van der Waals surface area contributed by atoms with Gasteiger partial charge in [-0.25, -0.2) is 12.8 Å². The number of anilines is 2. The van der Waals surface area contributed by atoms with Gasteiger partial charge in [-0.2, -0.15) is 0 Å². The third kappa shape index (κ3) is 5.96. The second-order valence-corrected chi connectivity index (χ2v) is 10.3. The Hall–Kier alpha value is -3.59. The van der Waals surface area contributed by atoms with E-state index in [-0.39, 0.29) is 10.6 Å². The van der Waals surface area contributed by atoms with E-state index < -0.39 is 28.3 Å². The number of amides is 1. The Bertz CT molecular complexity index is 1280. The highest BCUT2D eigenvalue weighted by Crippen LogP contribution is 2.27. The average molecular weight is 512 g/mol. The Labute approximate surface area is 211 Å². The van der Waals surface area contributed by atoms with E-state index in [2.05, 4.69) is 22.3 Å². The number of benzene rings is 3. The first-order chi connectivity index (χ1) is 17.4. The molecule has 3 aromatic rings. The molecule has 1 aliphatic heterocycles. The van der Waals surface area contributed by atoms with Crippen LogP contribution in [0.4, 0.5) is 15.8 Å². The highest BCUT2D eigenvalue weighted by atomic mass is 32.2. The Morgan fingerprint density at radius 3 is 2.50 bits per heavy atom. The van der Waals surface area contributed by atoms with Crippen LogP contribution in [0.15, 0.2) is 77.7 Å². The van der Waals surface area contributed by atoms with Gasteiger partial charge in [0.15, 0.2) is 0 Å². The lowest BCUT2D eigenvalue weighted by Crippen LogP contribution is -2.41. The van der Waals surface area contributed by atoms with Crippen molar-refractivity contribution >= 4 is 27.3 Å². The van der Waals surface area contributed by atoms with Gasteiger partial charge in [-0.05, 0) is 79.9 Å². The number of hydrogen-bond donors (Lipinski definition) is 1. The minimum atomic E-state index is -4.08. The number of nitrogens with zero attached hydrogens (tertiary/aromatic N) is 2. The summed E-state index contributed by atoms with van der Waals surface area (Å²) >= 11 is 0. The molecule has 0 aliphatic carbocycles. The van der Waals surface area contributed by atoms with Gasteiger partial charge in [0.05, 0.1) is 17.2 Å². The quantitative estimate of drug-likeness (QED) is 0.394. The first-order valence-corrected chi connectivity index (χ1v) is 13.4. The Balaban J connectivity index is 1.41. The number of para-hydroxylation sites is 1. The number of carbonyl (C=O) groups excluding carboxylic acids is 1. The van der Waals surface area contributed by atoms with E-state index in [0.717, 1.165) is 30.2 Å². The first kappa shape index (κ1) is 25.5. The van der Waals surface area contributed by atoms with Gasteiger partial charge in [0.1, 0.15) is 18.1 Å². The number of rotatable bonds is 11. The molecule has 1 N–H and O–H groups in total. The van der Waals surface area contributed by atoms with E-state index in [0.29, 0.717) is 18.9 Å². The molecule has 0 unspecified atom stereocenters. The topological polar surface area (TPSA) is 79.0 Å². The van der Waals surface area contributed by atoms with Gasteiger partial charge in [0.25, 0.3) is 10.0 Å². The molecule has 0 saturated carbocycles. The van der Waals surface area contributed by atoms with Crippen molar-refractivity contribution in [1.29, 1.82) is 0 Å². The van der Waals surface area contributed by atoms with E-state index >= 15 is 0 Å². The Kier molecular flexibility index (Phi) is 8.10. The molecule has 0 spiro atoms. The summed E-state index contributed by atoms with van der Waals surface area (Å²) in [6, 6.07) is 19.3. The number of hydrogen-bond acceptors (Lipinski definition) is 5. The van der Waals surface area contributed by atoms with E-state index in [4.69, 9.17) is 4.74 Å². The molecule has 1 aliphatic rings. The fourth-order valence-electron chi connectivity index (χ4n) is 4.25. The van der Waals surface area contributed by atoms with Crippen LogP contribution in [0.2, 0.25) is 0 Å². The van der Waals surface area contributed by atoms with Crippen LogP contribution >= 0.6 is 0 Å². The lowest BCUT2D eigenvalue weighted by Gasteiger charge is -2.24. The van der Waals surface area contributed by atoms with Crippen LogP contribution in [0.5, 0.6) is 5.75 Å². The molecule has 7 nitrogen and oxygen atoms in total. The summed E-state index contributed by atoms with van der Waals surface area (Å²) in [6.45, 7) is 4.03. The molecular formula is C27H30FN3O4S. The van der Waals surface area contributed by atoms with Crippen LogP contribution < -0.4 is 19.3 Å². The number of sulfonamides is 1. The zero-order chi connectivity index (χ0) is 25.5. The summed E-state index contributed by atoms with van der Waals surface area (Å²) in [5.74, 6) is -0.385. The summed E-state index contributed by atoms with van der Waals surface area (Å²) in [4.78, 5) is 15.1. The normalized spacial score (nSPS) is 12.8. The molecule has 0 atom stereocenters. The van der Waals surface area contributed by atoms with Crippen LogP contribution in [0.25, 0.3) is 0 Å². The summed E-state index contributed by atoms with van der Waals surface area (Å²) in [7, 11) is -4.08. The molecule has 0 fully saturated rings. The number of fused-ring (bicyclic) bond motifs is 1. The van der Waals surface area contributed by atoms with Crippen molar-refractivity contribution in [2.75, 3.05) is 42.0 Å². The van der Waals surface area contributed by atoms with Gasteiger partial charge in [0, 0.05) is 25.3 Å². The molecule has 36 heavy (non-hydrogen) atoms. The fourth-order valence-corrected chi connectivity index (χ4v) is 5.67. The highest BCUT2D eigenvalue weighted by Gasteiger charge is 2.27. The fraction of sp³-hybridized carbons (Fsp3) is 0.296. The van der Waals surface area contributed by atoms with Crippen LogP contribution in [0.1, 0.15) is 18.9 Å². The van der Waals surface area contributed by atoms with Gasteiger partial charge in [-0.1, -0.05) is 18.2 Å². The second kappa shape index (κ2) is 11.4. The molecule has 1 heterocycles. The Morgan fingerprint density at radius 2 is 1.78 bits per heavy atom. The maximum absolute atomic E-state index is 13.5. The largest absolute Gasteiger partial charge is 0.494 e. The molecule has 4 rings (SSSR count). The maximum Gasteiger partial charge on any atom is 0.264 e. The second-order valence-electron chi connectivity index (χ2n) is 8.46. The molecular weight excluding hydrogens is 481 g/mol. The minimum absolute atomic E-state index is 0.00998. The van der Waals surface area contributed by atoms with Crippen LogP contribution in [0, 0.1) is 5.82 Å². The van der Waals surface area contributed by atoms with Crippen molar-refractivity contribution in [3.8, 4) is 5.75 Å². The van der Waals surface area contributed by atoms with E-state index in [1.54, 1.807) is 12.1 Å². The van der Waals surface area contributed by atoms with Gasteiger partial charge >= 0.3 is 0 Å². The van der Waals surface area contributed by atoms with E-state index in [1.165, 1.54) is 47.6 Å². The van der Waals surface area contributed by atoms with E-state index in [1.807, 2.05) is 19.1 Å². The number of ether oxygens (including phenoxy) is 1. The van der Waals surface area contributed by atoms with E-state index in [9.17, 15) is 17.6 Å². The standard InChI is InChI=1S/C27H30FN3O4S/c1-2-35-24-12-14-25(15-13-24)36(33,34)31(23-10-8-22(28)9-11-23)20-27(32)29-17-5-18-30-19-16-21-6-3-4-7-26(21)30/h3-4,6-15H,2,5,16-20H2,1H3,(H,29,32). The number of carbonyl (C=O) groups is 1. The minimum Gasteiger partial charge on any atom is -0.494 e. The Morgan fingerprint density at radius 1 is 1.06 bits per heavy atom. The SMILES string of the molecule is CCOc1ccc(S(=O)(=O)N(CC(=O)NCCCN2CCc3ccccc32)c2ccc(F)cc2)cc1.